The number of carbonyl (C=O) groups excluding carboxylic acids is 2. The van der Waals surface area contributed by atoms with E-state index in [-0.39, 0.29) is 5.56 Å². The largest absolute Gasteiger partial charge is 0.467 e. The van der Waals surface area contributed by atoms with Crippen LogP contribution in [-0.2, 0) is 9.53 Å². The number of benzene rings is 2. The van der Waals surface area contributed by atoms with Gasteiger partial charge in [-0.1, -0.05) is 41.9 Å². The molecule has 0 N–H and O–H groups in total. The van der Waals surface area contributed by atoms with Gasteiger partial charge in [-0.05, 0) is 54.1 Å². The van der Waals surface area contributed by atoms with Crippen molar-refractivity contribution in [2.24, 2.45) is 5.10 Å². The second kappa shape index (κ2) is 9.99. The quantitative estimate of drug-likeness (QED) is 0.242. The molecule has 188 valence electrons. The highest BCUT2D eigenvalue weighted by Crippen LogP contribution is 2.33. The fourth-order valence-corrected chi connectivity index (χ4v) is 4.55. The predicted octanol–water partition coefficient (Wildman–Crippen LogP) is 6.28. The third kappa shape index (κ3) is 4.57. The van der Waals surface area contributed by atoms with Crippen LogP contribution in [-0.4, -0.2) is 34.2 Å². The number of rotatable bonds is 6. The molecule has 38 heavy (non-hydrogen) atoms. The SMILES string of the molecule is O=C(OCC(=O)N1N=C(c2ccc(Cl)cc2)C[C@H]1c1ccco1)c1cc(-c2ccco2)nc2ccccc12. The van der Waals surface area contributed by atoms with E-state index in [0.717, 1.165) is 5.56 Å². The van der Waals surface area contributed by atoms with Crippen molar-refractivity contribution in [1.29, 1.82) is 0 Å². The van der Waals surface area contributed by atoms with E-state index in [4.69, 9.17) is 25.2 Å². The van der Waals surface area contributed by atoms with Crippen molar-refractivity contribution in [3.63, 3.8) is 0 Å². The molecule has 8 nitrogen and oxygen atoms in total. The molecule has 4 heterocycles. The summed E-state index contributed by atoms with van der Waals surface area (Å²) in [6, 6.07) is 22.6. The number of para-hydroxylation sites is 1. The molecule has 2 aromatic carbocycles. The number of furan rings is 2. The highest BCUT2D eigenvalue weighted by Gasteiger charge is 2.35. The zero-order chi connectivity index (χ0) is 26.1. The summed E-state index contributed by atoms with van der Waals surface area (Å²) in [6.07, 6.45) is 3.52. The first-order chi connectivity index (χ1) is 18.6. The summed E-state index contributed by atoms with van der Waals surface area (Å²) in [6.45, 7) is -0.500. The lowest BCUT2D eigenvalue weighted by atomic mass is 10.0. The summed E-state index contributed by atoms with van der Waals surface area (Å²) < 4.78 is 16.5. The van der Waals surface area contributed by atoms with E-state index in [1.54, 1.807) is 60.9 Å². The van der Waals surface area contributed by atoms with Gasteiger partial charge in [0, 0.05) is 16.8 Å². The molecular formula is C29H20ClN3O5. The number of hydrazone groups is 1. The molecule has 3 aromatic heterocycles. The third-order valence-corrected chi connectivity index (χ3v) is 6.50. The number of esters is 1. The minimum absolute atomic E-state index is 0.282. The lowest BCUT2D eigenvalue weighted by Gasteiger charge is -2.19. The Morgan fingerprint density at radius 3 is 2.53 bits per heavy atom. The van der Waals surface area contributed by atoms with Gasteiger partial charge in [0.15, 0.2) is 12.4 Å². The molecule has 1 aliphatic rings. The maximum atomic E-state index is 13.3. The molecule has 0 bridgehead atoms. The van der Waals surface area contributed by atoms with Crippen LogP contribution in [0.1, 0.15) is 34.1 Å². The van der Waals surface area contributed by atoms with Crippen LogP contribution in [0.2, 0.25) is 5.02 Å². The topological polar surface area (TPSA) is 98.1 Å². The van der Waals surface area contributed by atoms with Gasteiger partial charge < -0.3 is 13.6 Å². The predicted molar refractivity (Wildman–Crippen MR) is 141 cm³/mol. The van der Waals surface area contributed by atoms with Crippen LogP contribution in [0.5, 0.6) is 0 Å². The first-order valence-corrected chi connectivity index (χ1v) is 12.2. The third-order valence-electron chi connectivity index (χ3n) is 6.25. The molecule has 9 heteroatoms. The summed E-state index contributed by atoms with van der Waals surface area (Å²) in [5.41, 5.74) is 2.91. The van der Waals surface area contributed by atoms with Gasteiger partial charge in [0.2, 0.25) is 0 Å². The molecule has 1 aliphatic heterocycles. The van der Waals surface area contributed by atoms with Crippen molar-refractivity contribution in [1.82, 2.24) is 9.99 Å². The smallest absolute Gasteiger partial charge is 0.339 e. The lowest BCUT2D eigenvalue weighted by molar-refractivity contribution is -0.136. The molecular weight excluding hydrogens is 506 g/mol. The monoisotopic (exact) mass is 525 g/mol. The highest BCUT2D eigenvalue weighted by atomic mass is 35.5. The molecule has 0 saturated carbocycles. The molecule has 0 radical (unpaired) electrons. The summed E-state index contributed by atoms with van der Waals surface area (Å²) >= 11 is 6.03. The van der Waals surface area contributed by atoms with Crippen LogP contribution in [0.25, 0.3) is 22.4 Å². The lowest BCUT2D eigenvalue weighted by Crippen LogP contribution is -2.31. The molecule has 0 spiro atoms. The molecule has 1 atom stereocenters. The Bertz CT molecular complexity index is 1640. The average Bonchev–Trinajstić information content (AvgIpc) is 3.73. The number of nitrogens with zero attached hydrogens (tertiary/aromatic N) is 3. The van der Waals surface area contributed by atoms with E-state index in [1.165, 1.54) is 11.3 Å². The Labute approximate surface area is 222 Å². The maximum absolute atomic E-state index is 13.3. The number of fused-ring (bicyclic) bond motifs is 1. The number of hydrogen-bond acceptors (Lipinski definition) is 7. The molecule has 0 saturated heterocycles. The van der Waals surface area contributed by atoms with E-state index >= 15 is 0 Å². The van der Waals surface area contributed by atoms with Crippen LogP contribution < -0.4 is 0 Å². The van der Waals surface area contributed by atoms with Crippen molar-refractivity contribution >= 4 is 40.1 Å². The van der Waals surface area contributed by atoms with Crippen molar-refractivity contribution in [3.8, 4) is 11.5 Å². The highest BCUT2D eigenvalue weighted by molar-refractivity contribution is 6.30. The van der Waals surface area contributed by atoms with Gasteiger partial charge in [-0.2, -0.15) is 5.10 Å². The number of hydrogen-bond donors (Lipinski definition) is 0. The van der Waals surface area contributed by atoms with Gasteiger partial charge in [-0.25, -0.2) is 14.8 Å². The van der Waals surface area contributed by atoms with Crippen molar-refractivity contribution in [2.45, 2.75) is 12.5 Å². The van der Waals surface area contributed by atoms with E-state index in [9.17, 15) is 9.59 Å². The van der Waals surface area contributed by atoms with Crippen LogP contribution >= 0.6 is 11.6 Å². The van der Waals surface area contributed by atoms with Gasteiger partial charge in [-0.15, -0.1) is 0 Å². The number of amides is 1. The minimum atomic E-state index is -0.652. The molecule has 0 aliphatic carbocycles. The summed E-state index contributed by atoms with van der Waals surface area (Å²) in [5.74, 6) is -0.0300. The molecule has 6 rings (SSSR count). The van der Waals surface area contributed by atoms with Crippen molar-refractivity contribution in [2.75, 3.05) is 6.61 Å². The normalized spacial score (nSPS) is 15.0. The van der Waals surface area contributed by atoms with Gasteiger partial charge in [-0.3, -0.25) is 4.79 Å². The minimum Gasteiger partial charge on any atom is -0.467 e. The standard InChI is InChI=1S/C29H20ClN3O5/c30-19-11-9-18(10-12-19)23-16-25(27-8-4-14-37-27)33(32-23)28(34)17-38-29(35)21-15-24(26-7-3-13-36-26)31-22-6-2-1-5-20(21)22/h1-15,25H,16-17H2/t25-/m0/s1. The van der Waals surface area contributed by atoms with Gasteiger partial charge in [0.25, 0.3) is 5.91 Å². The van der Waals surface area contributed by atoms with Crippen LogP contribution in [0.3, 0.4) is 0 Å². The zero-order valence-corrected chi connectivity index (χ0v) is 20.7. The van der Waals surface area contributed by atoms with Gasteiger partial charge >= 0.3 is 5.97 Å². The van der Waals surface area contributed by atoms with Gasteiger partial charge in [0.1, 0.15) is 17.5 Å². The van der Waals surface area contributed by atoms with Crippen molar-refractivity contribution < 1.29 is 23.2 Å². The Kier molecular flexibility index (Phi) is 6.23. The number of carbonyl (C=O) groups is 2. The van der Waals surface area contributed by atoms with E-state index in [0.29, 0.717) is 45.3 Å². The van der Waals surface area contributed by atoms with E-state index in [1.807, 2.05) is 24.3 Å². The first-order valence-electron chi connectivity index (χ1n) is 11.9. The molecule has 0 unspecified atom stereocenters. The second-order valence-electron chi connectivity index (χ2n) is 8.65. The fourth-order valence-electron chi connectivity index (χ4n) is 4.43. The second-order valence-corrected chi connectivity index (χ2v) is 9.09. The number of ether oxygens (including phenoxy) is 1. The Hall–Kier alpha value is -4.69. The number of aromatic nitrogens is 1. The van der Waals surface area contributed by atoms with Crippen LogP contribution in [0, 0.1) is 0 Å². The average molecular weight is 526 g/mol. The van der Waals surface area contributed by atoms with E-state index in [2.05, 4.69) is 10.1 Å². The molecule has 0 fully saturated rings. The maximum Gasteiger partial charge on any atom is 0.339 e. The number of halogens is 1. The van der Waals surface area contributed by atoms with Crippen molar-refractivity contribution in [3.05, 3.63) is 113 Å². The van der Waals surface area contributed by atoms with E-state index < -0.39 is 24.5 Å². The summed E-state index contributed by atoms with van der Waals surface area (Å²) in [4.78, 5) is 31.1. The van der Waals surface area contributed by atoms with Gasteiger partial charge in [0.05, 0.1) is 29.3 Å². The Balaban J connectivity index is 1.25. The number of pyridine rings is 1. The zero-order valence-electron chi connectivity index (χ0n) is 19.9. The van der Waals surface area contributed by atoms with Crippen LogP contribution in [0.15, 0.2) is 105 Å². The fraction of sp³-hybridized carbons (Fsp3) is 0.103. The Morgan fingerprint density at radius 2 is 1.76 bits per heavy atom. The summed E-state index contributed by atoms with van der Waals surface area (Å²) in [7, 11) is 0. The Morgan fingerprint density at radius 1 is 0.974 bits per heavy atom. The molecule has 1 amide bonds. The van der Waals surface area contributed by atoms with Crippen LogP contribution in [0.4, 0.5) is 0 Å². The molecule has 5 aromatic rings. The first kappa shape index (κ1) is 23.7. The summed E-state index contributed by atoms with van der Waals surface area (Å²) in [5, 5.41) is 7.09.